The molecule has 0 saturated heterocycles. The van der Waals surface area contributed by atoms with Crippen molar-refractivity contribution in [3.63, 3.8) is 0 Å². The minimum absolute atomic E-state index is 0.0289. The average molecular weight is 361 g/mol. The molecule has 0 fully saturated rings. The van der Waals surface area contributed by atoms with Gasteiger partial charge in [0.05, 0.1) is 5.92 Å². The first-order valence-corrected chi connectivity index (χ1v) is 9.55. The number of nitrogens with zero attached hydrogens (tertiary/aromatic N) is 1. The number of aromatic nitrogens is 1. The summed E-state index contributed by atoms with van der Waals surface area (Å²) < 4.78 is 2.26. The third kappa shape index (κ3) is 4.19. The summed E-state index contributed by atoms with van der Waals surface area (Å²) in [4.78, 5) is 12.3. The van der Waals surface area contributed by atoms with Crippen LogP contribution in [0.2, 0.25) is 0 Å². The molecular weight excluding hydrogens is 332 g/mol. The Bertz CT molecular complexity index is 995. The zero-order valence-corrected chi connectivity index (χ0v) is 16.6. The van der Waals surface area contributed by atoms with Gasteiger partial charge in [0.2, 0.25) is 0 Å². The molecule has 0 bridgehead atoms. The molecule has 0 radical (unpaired) electrons. The maximum atomic E-state index is 12.3. The van der Waals surface area contributed by atoms with Crippen LogP contribution in [-0.4, -0.2) is 16.1 Å². The molecule has 2 unspecified atom stereocenters. The number of ketones is 1. The van der Waals surface area contributed by atoms with Crippen molar-refractivity contribution in [3.05, 3.63) is 69.9 Å². The third-order valence-corrected chi connectivity index (χ3v) is 5.20. The number of carbonyl (C=O) groups is 1. The van der Waals surface area contributed by atoms with E-state index >= 15 is 0 Å². The van der Waals surface area contributed by atoms with Crippen molar-refractivity contribution in [2.75, 3.05) is 0 Å². The molecular formula is C24H28N2O. The Kier molecular flexibility index (Phi) is 5.59. The van der Waals surface area contributed by atoms with Crippen LogP contribution in [0.25, 0.3) is 12.2 Å². The molecule has 0 spiro atoms. The Balaban J connectivity index is 2.19. The van der Waals surface area contributed by atoms with Gasteiger partial charge in [0.15, 0.2) is 0 Å². The number of aryl methyl sites for hydroxylation is 1. The number of rotatable bonds is 5. The molecule has 0 saturated carbocycles. The SMILES string of the molecule is CC(=N)C(C(C)=O)C1=CC(C)CC=c2c(C)cn(Cc3ccccc3)/c2=C/1. The predicted octanol–water partition coefficient (Wildman–Crippen LogP) is 3.62. The second-order valence-corrected chi connectivity index (χ2v) is 7.68. The number of nitrogens with one attached hydrogen (secondary N) is 1. The van der Waals surface area contributed by atoms with Gasteiger partial charge in [-0.3, -0.25) is 4.79 Å². The quantitative estimate of drug-likeness (QED) is 0.814. The highest BCUT2D eigenvalue weighted by Crippen LogP contribution is 2.21. The molecule has 3 rings (SSSR count). The van der Waals surface area contributed by atoms with E-state index in [0.29, 0.717) is 11.6 Å². The molecule has 3 nitrogen and oxygen atoms in total. The minimum Gasteiger partial charge on any atom is -0.343 e. The van der Waals surface area contributed by atoms with Gasteiger partial charge in [-0.1, -0.05) is 49.4 Å². The summed E-state index contributed by atoms with van der Waals surface area (Å²) in [6.07, 6.45) is 9.72. The highest BCUT2D eigenvalue weighted by Gasteiger charge is 2.22. The third-order valence-electron chi connectivity index (χ3n) is 5.20. The van der Waals surface area contributed by atoms with Gasteiger partial charge in [-0.05, 0) is 61.1 Å². The molecule has 1 aliphatic rings. The monoisotopic (exact) mass is 360 g/mol. The maximum Gasteiger partial charge on any atom is 0.142 e. The summed E-state index contributed by atoms with van der Waals surface area (Å²) in [5, 5.41) is 10.5. The van der Waals surface area contributed by atoms with Crippen molar-refractivity contribution >= 4 is 23.6 Å². The second-order valence-electron chi connectivity index (χ2n) is 7.68. The van der Waals surface area contributed by atoms with Gasteiger partial charge >= 0.3 is 0 Å². The van der Waals surface area contributed by atoms with E-state index in [1.54, 1.807) is 13.8 Å². The van der Waals surface area contributed by atoms with Gasteiger partial charge in [0, 0.05) is 23.8 Å². The highest BCUT2D eigenvalue weighted by molar-refractivity contribution is 6.06. The summed E-state index contributed by atoms with van der Waals surface area (Å²) in [7, 11) is 0. The van der Waals surface area contributed by atoms with Crippen LogP contribution < -0.4 is 10.6 Å². The average Bonchev–Trinajstić information content (AvgIpc) is 2.85. The Hall–Kier alpha value is -2.68. The van der Waals surface area contributed by atoms with Gasteiger partial charge in [-0.15, -0.1) is 0 Å². The lowest BCUT2D eigenvalue weighted by atomic mass is 9.87. The van der Waals surface area contributed by atoms with Gasteiger partial charge in [0.1, 0.15) is 5.78 Å². The Morgan fingerprint density at radius 1 is 1.26 bits per heavy atom. The Labute approximate surface area is 161 Å². The van der Waals surface area contributed by atoms with E-state index < -0.39 is 5.92 Å². The van der Waals surface area contributed by atoms with Gasteiger partial charge in [-0.25, -0.2) is 0 Å². The van der Waals surface area contributed by atoms with E-state index in [0.717, 1.165) is 23.9 Å². The van der Waals surface area contributed by atoms with E-state index in [1.807, 2.05) is 6.07 Å². The molecule has 2 atom stereocenters. The lowest BCUT2D eigenvalue weighted by Gasteiger charge is -2.17. The van der Waals surface area contributed by atoms with Crippen LogP contribution >= 0.6 is 0 Å². The number of hydrogen-bond donors (Lipinski definition) is 1. The Morgan fingerprint density at radius 2 is 1.96 bits per heavy atom. The molecule has 0 amide bonds. The van der Waals surface area contributed by atoms with Crippen molar-refractivity contribution in [2.24, 2.45) is 11.8 Å². The summed E-state index contributed by atoms with van der Waals surface area (Å²) in [5.41, 5.74) is 3.85. The first-order chi connectivity index (χ1) is 12.9. The summed E-state index contributed by atoms with van der Waals surface area (Å²) in [6, 6.07) is 10.4. The molecule has 1 aromatic heterocycles. The standard InChI is InChI=1S/C24H28N2O/c1-16-10-11-22-17(2)14-26(15-20-8-6-5-7-9-20)23(22)13-21(12-16)24(18(3)25)19(4)27/h5-9,11-14,16,24-25H,10,15H2,1-4H3/b21-12?,22-11?,23-13+,25-18?. The lowest BCUT2D eigenvalue weighted by molar-refractivity contribution is -0.117. The van der Waals surface area contributed by atoms with E-state index in [2.05, 4.69) is 67.1 Å². The largest absolute Gasteiger partial charge is 0.343 e. The van der Waals surface area contributed by atoms with Crippen LogP contribution in [0.5, 0.6) is 0 Å². The van der Waals surface area contributed by atoms with Crippen LogP contribution in [0.15, 0.2) is 48.2 Å². The van der Waals surface area contributed by atoms with Gasteiger partial charge in [-0.2, -0.15) is 0 Å². The van der Waals surface area contributed by atoms with Gasteiger partial charge in [0.25, 0.3) is 0 Å². The van der Waals surface area contributed by atoms with Crippen LogP contribution in [0.3, 0.4) is 0 Å². The fourth-order valence-electron chi connectivity index (χ4n) is 3.94. The van der Waals surface area contributed by atoms with Crippen molar-refractivity contribution in [1.29, 1.82) is 5.41 Å². The molecule has 1 aromatic carbocycles. The number of allylic oxidation sites excluding steroid dienone is 2. The van der Waals surface area contributed by atoms with E-state index in [9.17, 15) is 4.79 Å². The zero-order valence-electron chi connectivity index (χ0n) is 16.6. The molecule has 0 aliphatic heterocycles. The number of carbonyl (C=O) groups excluding carboxylic acids is 1. The van der Waals surface area contributed by atoms with E-state index in [1.165, 1.54) is 16.3 Å². The topological polar surface area (TPSA) is 45.9 Å². The summed E-state index contributed by atoms with van der Waals surface area (Å²) >= 11 is 0. The number of fused-ring (bicyclic) bond motifs is 1. The first-order valence-electron chi connectivity index (χ1n) is 9.55. The summed E-state index contributed by atoms with van der Waals surface area (Å²) in [5.74, 6) is -0.0950. The van der Waals surface area contributed by atoms with Crippen molar-refractivity contribution in [3.8, 4) is 0 Å². The van der Waals surface area contributed by atoms with Crippen molar-refractivity contribution in [1.82, 2.24) is 4.57 Å². The van der Waals surface area contributed by atoms with Crippen molar-refractivity contribution in [2.45, 2.75) is 40.7 Å². The van der Waals surface area contributed by atoms with E-state index in [-0.39, 0.29) is 5.78 Å². The van der Waals surface area contributed by atoms with E-state index in [4.69, 9.17) is 5.41 Å². The molecule has 27 heavy (non-hydrogen) atoms. The van der Waals surface area contributed by atoms with Crippen LogP contribution in [0.1, 0.15) is 38.3 Å². The van der Waals surface area contributed by atoms with Crippen LogP contribution in [0.4, 0.5) is 0 Å². The molecule has 1 N–H and O–H groups in total. The Morgan fingerprint density at radius 3 is 2.59 bits per heavy atom. The van der Waals surface area contributed by atoms with Crippen LogP contribution in [0, 0.1) is 24.2 Å². The smallest absolute Gasteiger partial charge is 0.142 e. The fourth-order valence-corrected chi connectivity index (χ4v) is 3.94. The molecule has 2 aromatic rings. The predicted molar refractivity (Wildman–Crippen MR) is 112 cm³/mol. The number of hydrogen-bond acceptors (Lipinski definition) is 2. The molecule has 3 heteroatoms. The lowest BCUT2D eigenvalue weighted by Crippen LogP contribution is -2.33. The summed E-state index contributed by atoms with van der Waals surface area (Å²) in [6.45, 7) is 8.42. The maximum absolute atomic E-state index is 12.3. The highest BCUT2D eigenvalue weighted by atomic mass is 16.1. The van der Waals surface area contributed by atoms with Gasteiger partial charge < -0.3 is 9.98 Å². The van der Waals surface area contributed by atoms with Crippen LogP contribution in [-0.2, 0) is 11.3 Å². The fraction of sp³-hybridized carbons (Fsp3) is 0.333. The zero-order chi connectivity index (χ0) is 19.6. The molecule has 1 aliphatic carbocycles. The number of Topliss-reactive ketones (excluding diaryl/α,β-unsaturated/α-hetero) is 1. The number of benzene rings is 1. The molecule has 140 valence electrons. The first kappa shape index (κ1) is 19.1. The van der Waals surface area contributed by atoms with Crippen molar-refractivity contribution < 1.29 is 4.79 Å². The minimum atomic E-state index is -0.459. The normalized spacial score (nSPS) is 18.7. The molecule has 1 heterocycles. The second kappa shape index (κ2) is 7.91.